The number of nitrogens with zero attached hydrogens (tertiary/aromatic N) is 4. The number of amides is 1. The summed E-state index contributed by atoms with van der Waals surface area (Å²) in [5.74, 6) is -0.0792. The summed E-state index contributed by atoms with van der Waals surface area (Å²) in [6.07, 6.45) is 3.16. The summed E-state index contributed by atoms with van der Waals surface area (Å²) in [6, 6.07) is 15.9. The van der Waals surface area contributed by atoms with Crippen LogP contribution in [0.2, 0.25) is 0 Å². The van der Waals surface area contributed by atoms with E-state index in [0.717, 1.165) is 23.5 Å². The van der Waals surface area contributed by atoms with Crippen molar-refractivity contribution in [3.63, 3.8) is 0 Å². The van der Waals surface area contributed by atoms with Gasteiger partial charge >= 0.3 is 0 Å². The predicted molar refractivity (Wildman–Crippen MR) is 114 cm³/mol. The van der Waals surface area contributed by atoms with E-state index in [-0.39, 0.29) is 11.9 Å². The number of thiophene rings is 1. The Morgan fingerprint density at radius 2 is 2.00 bits per heavy atom. The van der Waals surface area contributed by atoms with Crippen LogP contribution in [0, 0.1) is 13.8 Å². The van der Waals surface area contributed by atoms with Crippen molar-refractivity contribution in [3.05, 3.63) is 94.0 Å². The lowest BCUT2D eigenvalue weighted by Gasteiger charge is -2.19. The molecule has 7 heteroatoms. The average molecular weight is 406 g/mol. The number of carbonyl (C=O) groups is 1. The third kappa shape index (κ3) is 4.30. The van der Waals surface area contributed by atoms with Gasteiger partial charge in [-0.15, -0.1) is 11.3 Å². The third-order valence-corrected chi connectivity index (χ3v) is 5.92. The summed E-state index contributed by atoms with van der Waals surface area (Å²) in [6.45, 7) is 5.35. The van der Waals surface area contributed by atoms with Crippen molar-refractivity contribution in [1.29, 1.82) is 0 Å². The first kappa shape index (κ1) is 19.1. The van der Waals surface area contributed by atoms with Crippen molar-refractivity contribution in [1.82, 2.24) is 24.6 Å². The second-order valence-electron chi connectivity index (χ2n) is 7.00. The standard InChI is InChI=1S/C22H23N5OS/c1-16-11-20(17(2)27(16)12-19-9-6-10-29-19)22(28)25-21(13-26-15-23-14-24-26)18-7-4-3-5-8-18/h3-11,14-15,21H,12-13H2,1-2H3,(H,25,28). The Hall–Kier alpha value is -3.19. The van der Waals surface area contributed by atoms with Gasteiger partial charge in [-0.05, 0) is 36.9 Å². The molecule has 0 aliphatic carbocycles. The molecule has 0 aliphatic rings. The SMILES string of the molecule is Cc1cc(C(=O)NC(Cn2cncn2)c2ccccc2)c(C)n1Cc1cccs1. The number of carbonyl (C=O) groups excluding carboxylic acids is 1. The summed E-state index contributed by atoms with van der Waals surface area (Å²) in [5, 5.41) is 9.46. The zero-order valence-corrected chi connectivity index (χ0v) is 17.3. The van der Waals surface area contributed by atoms with Gasteiger partial charge in [-0.3, -0.25) is 9.48 Å². The zero-order valence-electron chi connectivity index (χ0n) is 16.4. The van der Waals surface area contributed by atoms with Crippen molar-refractivity contribution < 1.29 is 4.79 Å². The first-order valence-corrected chi connectivity index (χ1v) is 10.4. The van der Waals surface area contributed by atoms with Crippen molar-refractivity contribution in [2.24, 2.45) is 0 Å². The highest BCUT2D eigenvalue weighted by molar-refractivity contribution is 7.09. The fraction of sp³-hybridized carbons (Fsp3) is 0.227. The van der Waals surface area contributed by atoms with E-state index in [9.17, 15) is 4.79 Å². The highest BCUT2D eigenvalue weighted by Gasteiger charge is 2.21. The summed E-state index contributed by atoms with van der Waals surface area (Å²) >= 11 is 1.73. The van der Waals surface area contributed by atoms with Gasteiger partial charge in [0.05, 0.1) is 24.7 Å². The fourth-order valence-corrected chi connectivity index (χ4v) is 4.20. The monoisotopic (exact) mass is 405 g/mol. The highest BCUT2D eigenvalue weighted by Crippen LogP contribution is 2.21. The largest absolute Gasteiger partial charge is 0.343 e. The van der Waals surface area contributed by atoms with Crippen LogP contribution in [0.1, 0.15) is 38.2 Å². The van der Waals surface area contributed by atoms with Crippen LogP contribution >= 0.6 is 11.3 Å². The van der Waals surface area contributed by atoms with E-state index >= 15 is 0 Å². The molecule has 0 spiro atoms. The van der Waals surface area contributed by atoms with Gasteiger partial charge in [-0.25, -0.2) is 4.98 Å². The Balaban J connectivity index is 1.57. The minimum atomic E-state index is -0.203. The minimum Gasteiger partial charge on any atom is -0.343 e. The Labute approximate surface area is 173 Å². The number of aryl methyl sites for hydroxylation is 1. The van der Waals surface area contributed by atoms with Crippen LogP contribution in [-0.4, -0.2) is 25.2 Å². The average Bonchev–Trinajstić information content (AvgIpc) is 3.48. The maximum absolute atomic E-state index is 13.2. The van der Waals surface area contributed by atoms with Gasteiger partial charge in [0.1, 0.15) is 12.7 Å². The van der Waals surface area contributed by atoms with Gasteiger partial charge in [0.2, 0.25) is 0 Å². The smallest absolute Gasteiger partial charge is 0.253 e. The summed E-state index contributed by atoms with van der Waals surface area (Å²) in [5.41, 5.74) is 3.79. The molecule has 0 radical (unpaired) electrons. The molecule has 4 aromatic rings. The molecule has 3 aromatic heterocycles. The highest BCUT2D eigenvalue weighted by atomic mass is 32.1. The van der Waals surface area contributed by atoms with E-state index in [1.807, 2.05) is 50.2 Å². The van der Waals surface area contributed by atoms with E-state index in [1.165, 1.54) is 11.2 Å². The molecule has 0 saturated carbocycles. The molecule has 1 aromatic carbocycles. The van der Waals surface area contributed by atoms with Crippen LogP contribution in [0.25, 0.3) is 0 Å². The van der Waals surface area contributed by atoms with Crippen LogP contribution in [0.3, 0.4) is 0 Å². The molecule has 1 amide bonds. The maximum atomic E-state index is 13.2. The van der Waals surface area contributed by atoms with Crippen molar-refractivity contribution in [2.45, 2.75) is 33.0 Å². The molecular formula is C22H23N5OS. The van der Waals surface area contributed by atoms with Crippen LogP contribution < -0.4 is 5.32 Å². The number of hydrogen-bond donors (Lipinski definition) is 1. The molecular weight excluding hydrogens is 382 g/mol. The summed E-state index contributed by atoms with van der Waals surface area (Å²) in [7, 11) is 0. The number of nitrogens with one attached hydrogen (secondary N) is 1. The van der Waals surface area contributed by atoms with Crippen LogP contribution in [-0.2, 0) is 13.1 Å². The Morgan fingerprint density at radius 1 is 1.17 bits per heavy atom. The lowest BCUT2D eigenvalue weighted by molar-refractivity contribution is 0.0931. The van der Waals surface area contributed by atoms with Gasteiger partial charge in [0.15, 0.2) is 0 Å². The Kier molecular flexibility index (Phi) is 5.57. The van der Waals surface area contributed by atoms with E-state index in [1.54, 1.807) is 22.3 Å². The Bertz CT molecular complexity index is 1070. The zero-order chi connectivity index (χ0) is 20.2. The Morgan fingerprint density at radius 3 is 2.69 bits per heavy atom. The van der Waals surface area contributed by atoms with Gasteiger partial charge in [-0.2, -0.15) is 5.10 Å². The molecule has 6 nitrogen and oxygen atoms in total. The van der Waals surface area contributed by atoms with E-state index in [0.29, 0.717) is 12.1 Å². The number of hydrogen-bond acceptors (Lipinski definition) is 4. The van der Waals surface area contributed by atoms with Gasteiger partial charge in [0.25, 0.3) is 5.91 Å². The van der Waals surface area contributed by atoms with Crippen molar-refractivity contribution in [2.75, 3.05) is 0 Å². The molecule has 1 unspecified atom stereocenters. The molecule has 0 fully saturated rings. The minimum absolute atomic E-state index is 0.0792. The van der Waals surface area contributed by atoms with E-state index in [4.69, 9.17) is 0 Å². The molecule has 4 rings (SSSR count). The predicted octanol–water partition coefficient (Wildman–Crippen LogP) is 3.98. The quantitative estimate of drug-likeness (QED) is 0.506. The molecule has 3 heterocycles. The lowest BCUT2D eigenvalue weighted by atomic mass is 10.1. The van der Waals surface area contributed by atoms with E-state index in [2.05, 4.69) is 37.5 Å². The van der Waals surface area contributed by atoms with Crippen molar-refractivity contribution in [3.8, 4) is 0 Å². The van der Waals surface area contributed by atoms with Gasteiger partial charge < -0.3 is 9.88 Å². The second kappa shape index (κ2) is 8.45. The topological polar surface area (TPSA) is 64.7 Å². The molecule has 0 aliphatic heterocycles. The molecule has 1 N–H and O–H groups in total. The van der Waals surface area contributed by atoms with Crippen molar-refractivity contribution >= 4 is 17.2 Å². The molecule has 0 bridgehead atoms. The normalized spacial score (nSPS) is 12.1. The van der Waals surface area contributed by atoms with Crippen LogP contribution in [0.4, 0.5) is 0 Å². The van der Waals surface area contributed by atoms with Gasteiger partial charge in [0, 0.05) is 16.3 Å². The summed E-state index contributed by atoms with van der Waals surface area (Å²) in [4.78, 5) is 18.5. The maximum Gasteiger partial charge on any atom is 0.253 e. The molecule has 1 atom stereocenters. The lowest BCUT2D eigenvalue weighted by Crippen LogP contribution is -2.32. The van der Waals surface area contributed by atoms with Gasteiger partial charge in [-0.1, -0.05) is 36.4 Å². The van der Waals surface area contributed by atoms with E-state index < -0.39 is 0 Å². The number of rotatable bonds is 7. The first-order chi connectivity index (χ1) is 14.1. The number of benzene rings is 1. The fourth-order valence-electron chi connectivity index (χ4n) is 3.50. The van der Waals surface area contributed by atoms with Crippen LogP contribution in [0.5, 0.6) is 0 Å². The first-order valence-electron chi connectivity index (χ1n) is 9.49. The molecule has 148 valence electrons. The van der Waals surface area contributed by atoms with Crippen LogP contribution in [0.15, 0.2) is 66.6 Å². The number of aromatic nitrogens is 4. The summed E-state index contributed by atoms with van der Waals surface area (Å²) < 4.78 is 3.92. The second-order valence-corrected chi connectivity index (χ2v) is 8.04. The molecule has 0 saturated heterocycles. The molecule has 29 heavy (non-hydrogen) atoms. The third-order valence-electron chi connectivity index (χ3n) is 5.06.